The standard InChI is InChI=1S/C21H20N4O2/c1-3-13-22-21-23-15(2)14-18(25-21)20(26)24-17-11-7-8-12-19(17)27-16-9-5-4-6-10-16/h3-12,14H,1,13H2,2H3,(H,24,26)(H,22,23,25). The maximum atomic E-state index is 12.7. The first-order chi connectivity index (χ1) is 13.2. The van der Waals surface area contributed by atoms with Crippen LogP contribution in [0.5, 0.6) is 11.5 Å². The van der Waals surface area contributed by atoms with Crippen molar-refractivity contribution < 1.29 is 9.53 Å². The molecule has 2 N–H and O–H groups in total. The number of rotatable bonds is 7. The van der Waals surface area contributed by atoms with Crippen molar-refractivity contribution >= 4 is 17.5 Å². The fourth-order valence-electron chi connectivity index (χ4n) is 2.39. The lowest BCUT2D eigenvalue weighted by Gasteiger charge is -2.12. The van der Waals surface area contributed by atoms with E-state index in [0.717, 1.165) is 0 Å². The van der Waals surface area contributed by atoms with Crippen molar-refractivity contribution in [2.45, 2.75) is 6.92 Å². The van der Waals surface area contributed by atoms with Crippen molar-refractivity contribution in [2.75, 3.05) is 17.2 Å². The van der Waals surface area contributed by atoms with Crippen LogP contribution in [0.1, 0.15) is 16.2 Å². The topological polar surface area (TPSA) is 76.1 Å². The summed E-state index contributed by atoms with van der Waals surface area (Å²) in [6.07, 6.45) is 1.70. The van der Waals surface area contributed by atoms with E-state index >= 15 is 0 Å². The summed E-state index contributed by atoms with van der Waals surface area (Å²) in [4.78, 5) is 21.2. The summed E-state index contributed by atoms with van der Waals surface area (Å²) in [7, 11) is 0. The van der Waals surface area contributed by atoms with Gasteiger partial charge < -0.3 is 15.4 Å². The Balaban J connectivity index is 1.80. The molecule has 3 aromatic rings. The number of ether oxygens (including phenoxy) is 1. The summed E-state index contributed by atoms with van der Waals surface area (Å²) >= 11 is 0. The predicted octanol–water partition coefficient (Wildman–Crippen LogP) is 4.43. The molecular formula is C21H20N4O2. The van der Waals surface area contributed by atoms with E-state index in [-0.39, 0.29) is 11.6 Å². The molecule has 1 aromatic heterocycles. The SMILES string of the molecule is C=CCNc1nc(C)cc(C(=O)Nc2ccccc2Oc2ccccc2)n1. The number of carbonyl (C=O) groups excluding carboxylic acids is 1. The zero-order valence-corrected chi connectivity index (χ0v) is 15.0. The van der Waals surface area contributed by atoms with Crippen LogP contribution in [0.2, 0.25) is 0 Å². The van der Waals surface area contributed by atoms with E-state index in [1.807, 2.05) is 49.4 Å². The van der Waals surface area contributed by atoms with Crippen molar-refractivity contribution in [3.05, 3.63) is 84.7 Å². The molecule has 1 amide bonds. The van der Waals surface area contributed by atoms with Crippen molar-refractivity contribution in [3.8, 4) is 11.5 Å². The Morgan fingerprint density at radius 1 is 1.11 bits per heavy atom. The number of aryl methyl sites for hydroxylation is 1. The summed E-state index contributed by atoms with van der Waals surface area (Å²) in [5, 5.41) is 5.85. The van der Waals surface area contributed by atoms with Gasteiger partial charge in [-0.05, 0) is 37.3 Å². The zero-order valence-electron chi connectivity index (χ0n) is 15.0. The first-order valence-corrected chi connectivity index (χ1v) is 8.49. The highest BCUT2D eigenvalue weighted by Crippen LogP contribution is 2.29. The molecule has 0 radical (unpaired) electrons. The highest BCUT2D eigenvalue weighted by molar-refractivity contribution is 6.03. The largest absolute Gasteiger partial charge is 0.455 e. The Morgan fingerprint density at radius 2 is 1.85 bits per heavy atom. The molecule has 3 rings (SSSR count). The molecule has 0 aliphatic rings. The van der Waals surface area contributed by atoms with Crippen molar-refractivity contribution in [3.63, 3.8) is 0 Å². The smallest absolute Gasteiger partial charge is 0.274 e. The third-order valence-corrected chi connectivity index (χ3v) is 3.60. The van der Waals surface area contributed by atoms with E-state index in [1.165, 1.54) is 0 Å². The molecule has 0 atom stereocenters. The molecule has 2 aromatic carbocycles. The second-order valence-electron chi connectivity index (χ2n) is 5.75. The molecule has 0 fully saturated rings. The molecule has 6 nitrogen and oxygen atoms in total. The number of para-hydroxylation sites is 3. The molecule has 27 heavy (non-hydrogen) atoms. The minimum Gasteiger partial charge on any atom is -0.455 e. The Hall–Kier alpha value is -3.67. The van der Waals surface area contributed by atoms with Gasteiger partial charge in [-0.1, -0.05) is 36.4 Å². The quantitative estimate of drug-likeness (QED) is 0.610. The number of aromatic nitrogens is 2. The van der Waals surface area contributed by atoms with Crippen LogP contribution in [0.4, 0.5) is 11.6 Å². The molecule has 0 aliphatic heterocycles. The first-order valence-electron chi connectivity index (χ1n) is 8.49. The fourth-order valence-corrected chi connectivity index (χ4v) is 2.39. The van der Waals surface area contributed by atoms with Gasteiger partial charge in [-0.3, -0.25) is 4.79 Å². The average Bonchev–Trinajstić information content (AvgIpc) is 2.68. The Labute approximate surface area is 157 Å². The number of nitrogens with zero attached hydrogens (tertiary/aromatic N) is 2. The molecule has 0 aliphatic carbocycles. The van der Waals surface area contributed by atoms with Gasteiger partial charge in [-0.2, -0.15) is 0 Å². The van der Waals surface area contributed by atoms with E-state index in [9.17, 15) is 4.79 Å². The molecule has 0 spiro atoms. The van der Waals surface area contributed by atoms with E-state index < -0.39 is 0 Å². The van der Waals surface area contributed by atoms with E-state index in [1.54, 1.807) is 24.3 Å². The van der Waals surface area contributed by atoms with E-state index in [4.69, 9.17) is 4.74 Å². The van der Waals surface area contributed by atoms with Gasteiger partial charge in [0.1, 0.15) is 11.4 Å². The van der Waals surface area contributed by atoms with Gasteiger partial charge in [0.15, 0.2) is 5.75 Å². The van der Waals surface area contributed by atoms with Gasteiger partial charge in [0, 0.05) is 12.2 Å². The third kappa shape index (κ3) is 4.92. The van der Waals surface area contributed by atoms with Crippen LogP contribution in [-0.2, 0) is 0 Å². The maximum Gasteiger partial charge on any atom is 0.274 e. The van der Waals surface area contributed by atoms with Crippen LogP contribution < -0.4 is 15.4 Å². The Kier molecular flexibility index (Phi) is 5.79. The Bertz CT molecular complexity index is 942. The third-order valence-electron chi connectivity index (χ3n) is 3.60. The number of amides is 1. The van der Waals surface area contributed by atoms with Crippen molar-refractivity contribution in [2.24, 2.45) is 0 Å². The lowest BCUT2D eigenvalue weighted by molar-refractivity contribution is 0.102. The van der Waals surface area contributed by atoms with Gasteiger partial charge in [0.05, 0.1) is 5.69 Å². The van der Waals surface area contributed by atoms with Gasteiger partial charge in [0.25, 0.3) is 5.91 Å². The fraction of sp³-hybridized carbons (Fsp3) is 0.0952. The van der Waals surface area contributed by atoms with Gasteiger partial charge in [-0.15, -0.1) is 6.58 Å². The van der Waals surface area contributed by atoms with Crippen LogP contribution in [-0.4, -0.2) is 22.4 Å². The summed E-state index contributed by atoms with van der Waals surface area (Å²) in [6, 6.07) is 18.3. The van der Waals surface area contributed by atoms with Crippen LogP contribution in [0.15, 0.2) is 73.3 Å². The van der Waals surface area contributed by atoms with Crippen LogP contribution in [0.25, 0.3) is 0 Å². The van der Waals surface area contributed by atoms with Gasteiger partial charge in [0.2, 0.25) is 5.95 Å². The Morgan fingerprint density at radius 3 is 2.63 bits per heavy atom. The summed E-state index contributed by atoms with van der Waals surface area (Å²) in [5.41, 5.74) is 1.52. The predicted molar refractivity (Wildman–Crippen MR) is 106 cm³/mol. The molecule has 6 heteroatoms. The normalized spacial score (nSPS) is 10.1. The molecule has 0 saturated carbocycles. The summed E-state index contributed by atoms with van der Waals surface area (Å²) in [6.45, 7) is 5.97. The second-order valence-corrected chi connectivity index (χ2v) is 5.75. The average molecular weight is 360 g/mol. The second kappa shape index (κ2) is 8.62. The number of anilines is 2. The minimum absolute atomic E-state index is 0.267. The van der Waals surface area contributed by atoms with Crippen LogP contribution >= 0.6 is 0 Å². The number of nitrogens with one attached hydrogen (secondary N) is 2. The lowest BCUT2D eigenvalue weighted by Crippen LogP contribution is -2.16. The highest BCUT2D eigenvalue weighted by Gasteiger charge is 2.13. The van der Waals surface area contributed by atoms with Crippen LogP contribution in [0.3, 0.4) is 0 Å². The molecule has 0 bridgehead atoms. The monoisotopic (exact) mass is 360 g/mol. The minimum atomic E-state index is -0.341. The summed E-state index contributed by atoms with van der Waals surface area (Å²) in [5.74, 6) is 1.28. The molecule has 0 unspecified atom stereocenters. The maximum absolute atomic E-state index is 12.7. The molecule has 1 heterocycles. The highest BCUT2D eigenvalue weighted by atomic mass is 16.5. The first kappa shape index (κ1) is 18.1. The van der Waals surface area contributed by atoms with Gasteiger partial charge >= 0.3 is 0 Å². The summed E-state index contributed by atoms with van der Waals surface area (Å²) < 4.78 is 5.88. The number of hydrogen-bond donors (Lipinski definition) is 2. The number of benzene rings is 2. The van der Waals surface area contributed by atoms with Crippen molar-refractivity contribution in [1.29, 1.82) is 0 Å². The van der Waals surface area contributed by atoms with E-state index in [0.29, 0.717) is 35.4 Å². The molecule has 136 valence electrons. The zero-order chi connectivity index (χ0) is 19.1. The number of hydrogen-bond acceptors (Lipinski definition) is 5. The van der Waals surface area contributed by atoms with Crippen molar-refractivity contribution in [1.82, 2.24) is 9.97 Å². The van der Waals surface area contributed by atoms with Crippen LogP contribution in [0, 0.1) is 6.92 Å². The molecular weight excluding hydrogens is 340 g/mol. The van der Waals surface area contributed by atoms with E-state index in [2.05, 4.69) is 27.2 Å². The van der Waals surface area contributed by atoms with Gasteiger partial charge in [-0.25, -0.2) is 9.97 Å². The lowest BCUT2D eigenvalue weighted by atomic mass is 10.2. The number of carbonyl (C=O) groups is 1. The molecule has 0 saturated heterocycles.